The summed E-state index contributed by atoms with van der Waals surface area (Å²) in [6.07, 6.45) is -6.57. The van der Waals surface area contributed by atoms with Gasteiger partial charge in [-0.05, 0) is 6.07 Å². The predicted molar refractivity (Wildman–Crippen MR) is 99.2 cm³/mol. The summed E-state index contributed by atoms with van der Waals surface area (Å²) in [5, 5.41) is 9.73. The van der Waals surface area contributed by atoms with Gasteiger partial charge in [-0.25, -0.2) is 13.8 Å². The molecule has 1 amide bonds. The van der Waals surface area contributed by atoms with Crippen LogP contribution in [0.5, 0.6) is 0 Å². The first-order valence-electron chi connectivity index (χ1n) is 8.76. The molecule has 1 fully saturated rings. The number of nitrogen functional groups attached to an aromatic ring is 1. The zero-order chi connectivity index (χ0) is 21.8. The van der Waals surface area contributed by atoms with Crippen molar-refractivity contribution in [3.8, 4) is 0 Å². The number of carbonyl (C=O) groups excluding carboxylic acids is 1. The number of rotatable bonds is 4. The van der Waals surface area contributed by atoms with Crippen LogP contribution in [-0.2, 0) is 5.92 Å². The van der Waals surface area contributed by atoms with Crippen LogP contribution < -0.4 is 16.4 Å². The predicted octanol–water partition coefficient (Wildman–Crippen LogP) is 3.37. The van der Waals surface area contributed by atoms with Gasteiger partial charge in [0, 0.05) is 43.3 Å². The number of primary amides is 1. The first-order valence-corrected chi connectivity index (χ1v) is 9.57. The second-order valence-electron chi connectivity index (χ2n) is 6.99. The van der Waals surface area contributed by atoms with Crippen molar-refractivity contribution in [3.05, 3.63) is 16.5 Å². The molecule has 3 rings (SSSR count). The van der Waals surface area contributed by atoms with E-state index in [-0.39, 0.29) is 39.7 Å². The average molecular weight is 438 g/mol. The molecule has 6 nitrogen and oxygen atoms in total. The minimum absolute atomic E-state index is 0.0297. The number of halogens is 5. The number of anilines is 2. The lowest BCUT2D eigenvalue weighted by molar-refractivity contribution is -0.266. The summed E-state index contributed by atoms with van der Waals surface area (Å²) >= 11 is 0.755. The first kappa shape index (κ1) is 21.5. The van der Waals surface area contributed by atoms with Gasteiger partial charge in [0.05, 0.1) is 5.69 Å². The quantitative estimate of drug-likeness (QED) is 0.635. The lowest BCUT2D eigenvalue weighted by atomic mass is 9.90. The second kappa shape index (κ2) is 6.94. The van der Waals surface area contributed by atoms with Crippen molar-refractivity contribution >= 4 is 39.0 Å². The molecule has 1 aliphatic heterocycles. The fourth-order valence-corrected chi connectivity index (χ4v) is 4.29. The number of hydrogen-bond acceptors (Lipinski definition) is 6. The molecule has 0 spiro atoms. The van der Waals surface area contributed by atoms with Crippen molar-refractivity contribution in [2.24, 2.45) is 5.73 Å². The SMILES string of the molecule is CCC(F)(F)c1cc(N2CCC(O)(C(F)(F)F)CC2)nc2sc(C(N)=O)c(N)c12. The van der Waals surface area contributed by atoms with Crippen LogP contribution in [0.3, 0.4) is 0 Å². The molecule has 29 heavy (non-hydrogen) atoms. The zero-order valence-corrected chi connectivity index (χ0v) is 16.1. The van der Waals surface area contributed by atoms with Gasteiger partial charge in [0.2, 0.25) is 0 Å². The Bertz CT molecular complexity index is 951. The van der Waals surface area contributed by atoms with Gasteiger partial charge in [-0.1, -0.05) is 6.92 Å². The van der Waals surface area contributed by atoms with Crippen LogP contribution in [0.2, 0.25) is 0 Å². The van der Waals surface area contributed by atoms with Gasteiger partial charge in [0.15, 0.2) is 5.60 Å². The Balaban J connectivity index is 2.08. The largest absolute Gasteiger partial charge is 0.417 e. The van der Waals surface area contributed by atoms with Crippen LogP contribution in [0, 0.1) is 0 Å². The third-order valence-corrected chi connectivity index (χ3v) is 6.30. The molecule has 3 heterocycles. The van der Waals surface area contributed by atoms with Crippen molar-refractivity contribution < 1.29 is 31.9 Å². The Kier molecular flexibility index (Phi) is 5.14. The molecule has 0 atom stereocenters. The number of fused-ring (bicyclic) bond motifs is 1. The minimum Gasteiger partial charge on any atom is -0.397 e. The van der Waals surface area contributed by atoms with Crippen LogP contribution in [0.15, 0.2) is 6.07 Å². The normalized spacial score (nSPS) is 17.7. The number of thiophene rings is 1. The summed E-state index contributed by atoms with van der Waals surface area (Å²) in [4.78, 5) is 17.1. The Labute approximate surface area is 166 Å². The maximum absolute atomic E-state index is 14.6. The monoisotopic (exact) mass is 438 g/mol. The number of alkyl halides is 5. The van der Waals surface area contributed by atoms with E-state index in [2.05, 4.69) is 4.98 Å². The first-order chi connectivity index (χ1) is 13.3. The minimum atomic E-state index is -4.78. The number of nitrogens with two attached hydrogens (primary N) is 2. The highest BCUT2D eigenvalue weighted by atomic mass is 32.1. The van der Waals surface area contributed by atoms with Crippen LogP contribution in [0.1, 0.15) is 41.4 Å². The van der Waals surface area contributed by atoms with Gasteiger partial charge in [-0.3, -0.25) is 4.79 Å². The van der Waals surface area contributed by atoms with Gasteiger partial charge >= 0.3 is 6.18 Å². The highest BCUT2D eigenvalue weighted by Gasteiger charge is 2.54. The number of nitrogens with zero attached hydrogens (tertiary/aromatic N) is 2. The number of amides is 1. The van der Waals surface area contributed by atoms with E-state index in [0.29, 0.717) is 0 Å². The summed E-state index contributed by atoms with van der Waals surface area (Å²) in [5.41, 5.74) is 7.65. The van der Waals surface area contributed by atoms with Gasteiger partial charge in [-0.2, -0.15) is 13.2 Å². The van der Waals surface area contributed by atoms with Crippen LogP contribution in [0.4, 0.5) is 33.5 Å². The topological polar surface area (TPSA) is 105 Å². The summed E-state index contributed by atoms with van der Waals surface area (Å²) < 4.78 is 68.3. The lowest BCUT2D eigenvalue weighted by Gasteiger charge is -2.39. The van der Waals surface area contributed by atoms with Gasteiger partial charge in [0.25, 0.3) is 11.8 Å². The van der Waals surface area contributed by atoms with E-state index in [1.54, 1.807) is 0 Å². The highest BCUT2D eigenvalue weighted by Crippen LogP contribution is 2.45. The van der Waals surface area contributed by atoms with Crippen molar-refractivity contribution in [2.75, 3.05) is 23.7 Å². The van der Waals surface area contributed by atoms with E-state index >= 15 is 0 Å². The standard InChI is InChI=1S/C17H19F5N4O2S/c1-2-16(18,19)8-7-9(25-14-10(8)11(23)12(29-14)13(24)27)26-5-3-15(28,4-6-26)17(20,21)22/h7,28H,2-6,23H2,1H3,(H2,24,27). The van der Waals surface area contributed by atoms with Crippen LogP contribution in [-0.4, -0.2) is 40.9 Å². The smallest absolute Gasteiger partial charge is 0.397 e. The van der Waals surface area contributed by atoms with Crippen LogP contribution >= 0.6 is 11.3 Å². The zero-order valence-electron chi connectivity index (χ0n) is 15.3. The molecule has 1 aliphatic rings. The Morgan fingerprint density at radius 1 is 1.31 bits per heavy atom. The van der Waals surface area contributed by atoms with Crippen molar-refractivity contribution in [3.63, 3.8) is 0 Å². The number of hydrogen-bond donors (Lipinski definition) is 3. The molecule has 1 saturated heterocycles. The summed E-state index contributed by atoms with van der Waals surface area (Å²) in [6.45, 7) is 0.818. The Hall–Kier alpha value is -2.21. The molecule has 5 N–H and O–H groups in total. The molecule has 0 radical (unpaired) electrons. The molecule has 2 aromatic heterocycles. The van der Waals surface area contributed by atoms with E-state index in [9.17, 15) is 31.9 Å². The Morgan fingerprint density at radius 3 is 2.38 bits per heavy atom. The van der Waals surface area contributed by atoms with Crippen molar-refractivity contribution in [2.45, 2.75) is 43.9 Å². The summed E-state index contributed by atoms with van der Waals surface area (Å²) in [5.74, 6) is -4.16. The number of aromatic nitrogens is 1. The van der Waals surface area contributed by atoms with E-state index < -0.39 is 48.4 Å². The molecular formula is C17H19F5N4O2S. The maximum Gasteiger partial charge on any atom is 0.417 e. The molecular weight excluding hydrogens is 419 g/mol. The molecule has 0 bridgehead atoms. The van der Waals surface area contributed by atoms with E-state index in [0.717, 1.165) is 17.4 Å². The van der Waals surface area contributed by atoms with Gasteiger partial charge in [-0.15, -0.1) is 11.3 Å². The number of carbonyl (C=O) groups is 1. The maximum atomic E-state index is 14.6. The third kappa shape index (κ3) is 3.59. The van der Waals surface area contributed by atoms with E-state index in [1.165, 1.54) is 11.8 Å². The molecule has 0 saturated carbocycles. The molecule has 12 heteroatoms. The fourth-order valence-electron chi connectivity index (χ4n) is 3.32. The third-order valence-electron chi connectivity index (χ3n) is 5.19. The molecule has 2 aromatic rings. The summed E-state index contributed by atoms with van der Waals surface area (Å²) in [6, 6.07) is 1.08. The average Bonchev–Trinajstić information content (AvgIpc) is 2.97. The Morgan fingerprint density at radius 2 is 1.90 bits per heavy atom. The number of aliphatic hydroxyl groups is 1. The van der Waals surface area contributed by atoms with Crippen LogP contribution in [0.25, 0.3) is 10.2 Å². The number of pyridine rings is 1. The molecule has 0 aliphatic carbocycles. The van der Waals surface area contributed by atoms with E-state index in [1.807, 2.05) is 0 Å². The van der Waals surface area contributed by atoms with Crippen molar-refractivity contribution in [1.82, 2.24) is 4.98 Å². The molecule has 0 unspecified atom stereocenters. The summed E-state index contributed by atoms with van der Waals surface area (Å²) in [7, 11) is 0. The van der Waals surface area contributed by atoms with E-state index in [4.69, 9.17) is 11.5 Å². The second-order valence-corrected chi connectivity index (χ2v) is 7.99. The highest BCUT2D eigenvalue weighted by molar-refractivity contribution is 7.21. The fraction of sp³-hybridized carbons (Fsp3) is 0.529. The van der Waals surface area contributed by atoms with Crippen molar-refractivity contribution in [1.29, 1.82) is 0 Å². The van der Waals surface area contributed by atoms with Gasteiger partial charge in [0.1, 0.15) is 15.5 Å². The molecule has 160 valence electrons. The lowest BCUT2D eigenvalue weighted by Crippen LogP contribution is -2.53. The molecule has 0 aromatic carbocycles. The number of piperidine rings is 1. The van der Waals surface area contributed by atoms with Gasteiger partial charge < -0.3 is 21.5 Å².